The second-order valence-corrected chi connectivity index (χ2v) is 6.52. The summed E-state index contributed by atoms with van der Waals surface area (Å²) in [7, 11) is 0. The largest absolute Gasteiger partial charge is 0.486 e. The highest BCUT2D eigenvalue weighted by atomic mass is 79.9. The zero-order valence-corrected chi connectivity index (χ0v) is 12.9. The predicted molar refractivity (Wildman–Crippen MR) is 77.4 cm³/mol. The van der Waals surface area contributed by atoms with Gasteiger partial charge in [0.25, 0.3) is 5.91 Å². The van der Waals surface area contributed by atoms with E-state index >= 15 is 0 Å². The van der Waals surface area contributed by atoms with E-state index in [2.05, 4.69) is 21.2 Å². The topological polar surface area (TPSA) is 47.6 Å². The van der Waals surface area contributed by atoms with Gasteiger partial charge in [0.05, 0.1) is 0 Å². The minimum absolute atomic E-state index is 0.117. The van der Waals surface area contributed by atoms with Crippen LogP contribution in [0.5, 0.6) is 11.5 Å². The molecule has 1 N–H and O–H groups in total. The van der Waals surface area contributed by atoms with Crippen LogP contribution in [0, 0.1) is 0 Å². The Morgan fingerprint density at radius 3 is 2.58 bits per heavy atom. The molecule has 19 heavy (non-hydrogen) atoms. The molecule has 0 spiro atoms. The number of nitrogens with one attached hydrogen (secondary N) is 1. The van der Waals surface area contributed by atoms with E-state index in [0.29, 0.717) is 30.3 Å². The molecule has 1 aromatic rings. The summed E-state index contributed by atoms with van der Waals surface area (Å²) >= 11 is 3.50. The minimum Gasteiger partial charge on any atom is -0.486 e. The third-order valence-electron chi connectivity index (χ3n) is 3.23. The molecule has 1 aliphatic rings. The Morgan fingerprint density at radius 2 is 1.95 bits per heavy atom. The van der Waals surface area contributed by atoms with Crippen LogP contribution in [-0.4, -0.2) is 29.5 Å². The van der Waals surface area contributed by atoms with E-state index in [1.165, 1.54) is 0 Å². The average molecular weight is 328 g/mol. The first-order chi connectivity index (χ1) is 8.90. The summed E-state index contributed by atoms with van der Waals surface area (Å²) in [5, 5.41) is 3.00. The molecule has 0 fully saturated rings. The van der Waals surface area contributed by atoms with Crippen molar-refractivity contribution in [3.05, 3.63) is 23.8 Å². The van der Waals surface area contributed by atoms with Crippen molar-refractivity contribution in [2.24, 2.45) is 0 Å². The highest BCUT2D eigenvalue weighted by Crippen LogP contribution is 2.31. The van der Waals surface area contributed by atoms with Gasteiger partial charge >= 0.3 is 0 Å². The first-order valence-corrected chi connectivity index (χ1v) is 7.18. The Kier molecular flexibility index (Phi) is 4.04. The van der Waals surface area contributed by atoms with Crippen molar-refractivity contribution in [1.82, 2.24) is 5.32 Å². The first kappa shape index (κ1) is 14.2. The van der Waals surface area contributed by atoms with E-state index in [-0.39, 0.29) is 16.3 Å². The molecule has 1 amide bonds. The van der Waals surface area contributed by atoms with Crippen LogP contribution in [0.1, 0.15) is 31.1 Å². The fraction of sp³-hybridized carbons (Fsp3) is 0.500. The van der Waals surface area contributed by atoms with E-state index in [4.69, 9.17) is 9.47 Å². The Balaban J connectivity index is 2.16. The molecule has 1 aromatic carbocycles. The summed E-state index contributed by atoms with van der Waals surface area (Å²) < 4.78 is 10.9. The van der Waals surface area contributed by atoms with Crippen LogP contribution in [0.25, 0.3) is 0 Å². The molecule has 0 aromatic heterocycles. The van der Waals surface area contributed by atoms with E-state index in [9.17, 15) is 4.79 Å². The molecule has 4 nitrogen and oxygen atoms in total. The van der Waals surface area contributed by atoms with Gasteiger partial charge in [0, 0.05) is 15.9 Å². The zero-order chi connectivity index (χ0) is 14.0. The number of benzene rings is 1. The van der Waals surface area contributed by atoms with Gasteiger partial charge in [-0.25, -0.2) is 0 Å². The number of rotatable bonds is 3. The summed E-state index contributed by atoms with van der Waals surface area (Å²) in [6.45, 7) is 7.02. The van der Waals surface area contributed by atoms with Crippen molar-refractivity contribution in [1.29, 1.82) is 0 Å². The number of hydrogen-bond acceptors (Lipinski definition) is 3. The van der Waals surface area contributed by atoms with Crippen molar-refractivity contribution in [2.75, 3.05) is 13.2 Å². The average Bonchev–Trinajstić information content (AvgIpc) is 2.37. The summed E-state index contributed by atoms with van der Waals surface area (Å²) in [4.78, 5) is 12.4. The van der Waals surface area contributed by atoms with E-state index in [1.54, 1.807) is 18.2 Å². The van der Waals surface area contributed by atoms with Crippen molar-refractivity contribution < 1.29 is 14.3 Å². The van der Waals surface area contributed by atoms with Crippen LogP contribution in [0.4, 0.5) is 0 Å². The van der Waals surface area contributed by atoms with Crippen LogP contribution >= 0.6 is 15.9 Å². The smallest absolute Gasteiger partial charge is 0.251 e. The van der Waals surface area contributed by atoms with E-state index in [0.717, 1.165) is 0 Å². The van der Waals surface area contributed by atoms with Gasteiger partial charge < -0.3 is 14.8 Å². The second kappa shape index (κ2) is 5.41. The fourth-order valence-corrected chi connectivity index (χ4v) is 1.76. The lowest BCUT2D eigenvalue weighted by molar-refractivity contribution is 0.0912. The van der Waals surface area contributed by atoms with Crippen LogP contribution in [0.2, 0.25) is 0 Å². The third-order valence-corrected chi connectivity index (χ3v) is 4.38. The van der Waals surface area contributed by atoms with Crippen LogP contribution in [-0.2, 0) is 0 Å². The molecular formula is C14H18BrNO3. The number of alkyl halides is 1. The highest BCUT2D eigenvalue weighted by molar-refractivity contribution is 9.09. The number of carbonyl (C=O) groups excluding carboxylic acids is 1. The highest BCUT2D eigenvalue weighted by Gasteiger charge is 2.26. The number of carbonyl (C=O) groups is 1. The van der Waals surface area contributed by atoms with Crippen molar-refractivity contribution in [3.8, 4) is 11.5 Å². The second-order valence-electron chi connectivity index (χ2n) is 5.15. The lowest BCUT2D eigenvalue weighted by atomic mass is 10.0. The van der Waals surface area contributed by atoms with Gasteiger partial charge in [-0.1, -0.05) is 22.9 Å². The lowest BCUT2D eigenvalue weighted by Gasteiger charge is -2.29. The summed E-state index contributed by atoms with van der Waals surface area (Å²) in [6.07, 6.45) is 0. The molecule has 0 aliphatic carbocycles. The molecule has 0 bridgehead atoms. The zero-order valence-electron chi connectivity index (χ0n) is 11.3. The number of fused-ring (bicyclic) bond motifs is 1. The monoisotopic (exact) mass is 327 g/mol. The van der Waals surface area contributed by atoms with Crippen molar-refractivity contribution in [3.63, 3.8) is 0 Å². The number of ether oxygens (including phenoxy) is 2. The van der Waals surface area contributed by atoms with Gasteiger partial charge in [-0.3, -0.25) is 4.79 Å². The SMILES string of the molecule is CC(Br)C(C)(C)NC(=O)c1ccc2c(c1)OCCO2. The molecule has 0 radical (unpaired) electrons. The molecule has 0 saturated carbocycles. The maximum atomic E-state index is 12.2. The maximum absolute atomic E-state index is 12.2. The summed E-state index contributed by atoms with van der Waals surface area (Å²) in [5.41, 5.74) is 0.245. The van der Waals surface area contributed by atoms with E-state index in [1.807, 2.05) is 20.8 Å². The molecule has 1 heterocycles. The number of hydrogen-bond donors (Lipinski definition) is 1. The van der Waals surface area contributed by atoms with Crippen LogP contribution in [0.3, 0.4) is 0 Å². The van der Waals surface area contributed by atoms with Gasteiger partial charge in [-0.2, -0.15) is 0 Å². The molecule has 1 unspecified atom stereocenters. The van der Waals surface area contributed by atoms with Crippen LogP contribution < -0.4 is 14.8 Å². The molecule has 1 aliphatic heterocycles. The van der Waals surface area contributed by atoms with Crippen LogP contribution in [0.15, 0.2) is 18.2 Å². The minimum atomic E-state index is -0.329. The summed E-state index contributed by atoms with van der Waals surface area (Å²) in [6, 6.07) is 5.24. The Morgan fingerprint density at radius 1 is 1.32 bits per heavy atom. The molecule has 0 saturated heterocycles. The number of amides is 1. The van der Waals surface area contributed by atoms with Gasteiger partial charge in [0.15, 0.2) is 11.5 Å². The predicted octanol–water partition coefficient (Wildman–Crippen LogP) is 2.75. The third kappa shape index (κ3) is 3.21. The Bertz CT molecular complexity index is 486. The molecule has 2 rings (SSSR count). The molecule has 5 heteroatoms. The van der Waals surface area contributed by atoms with Gasteiger partial charge in [0.2, 0.25) is 0 Å². The molecule has 1 atom stereocenters. The normalized spacial score (nSPS) is 15.8. The fourth-order valence-electron chi connectivity index (χ4n) is 1.65. The van der Waals surface area contributed by atoms with E-state index < -0.39 is 0 Å². The molecule has 104 valence electrons. The quantitative estimate of drug-likeness (QED) is 0.868. The van der Waals surface area contributed by atoms with Crippen molar-refractivity contribution in [2.45, 2.75) is 31.1 Å². The van der Waals surface area contributed by atoms with Gasteiger partial charge in [-0.05, 0) is 32.0 Å². The summed E-state index contributed by atoms with van der Waals surface area (Å²) in [5.74, 6) is 1.20. The Hall–Kier alpha value is -1.23. The lowest BCUT2D eigenvalue weighted by Crippen LogP contribution is -2.48. The number of halogens is 1. The van der Waals surface area contributed by atoms with Gasteiger partial charge in [0.1, 0.15) is 13.2 Å². The van der Waals surface area contributed by atoms with Crippen molar-refractivity contribution >= 4 is 21.8 Å². The van der Waals surface area contributed by atoms with Gasteiger partial charge in [-0.15, -0.1) is 0 Å². The first-order valence-electron chi connectivity index (χ1n) is 6.26. The Labute approximate surface area is 121 Å². The standard InChI is InChI=1S/C14H18BrNO3/c1-9(15)14(2,3)16-13(17)10-4-5-11-12(8-10)19-7-6-18-11/h4-5,8-9H,6-7H2,1-3H3,(H,16,17). The molecular weight excluding hydrogens is 310 g/mol. The maximum Gasteiger partial charge on any atom is 0.251 e.